The summed E-state index contributed by atoms with van der Waals surface area (Å²) in [6.45, 7) is 2.04. The standard InChI is InChI=1S/C12H10BrN5/c1-6-2-3-7(8(13)4-6)11-17-9-10(14)15-5-16-12(9)18-11/h2-5H,1H3,(H3,14,15,16,17,18). The fourth-order valence-electron chi connectivity index (χ4n) is 1.79. The summed E-state index contributed by atoms with van der Waals surface area (Å²) in [5.74, 6) is 1.13. The topological polar surface area (TPSA) is 80.5 Å². The maximum atomic E-state index is 5.78. The minimum Gasteiger partial charge on any atom is -0.382 e. The summed E-state index contributed by atoms with van der Waals surface area (Å²) in [6, 6.07) is 6.07. The molecule has 0 saturated heterocycles. The maximum absolute atomic E-state index is 5.78. The van der Waals surface area contributed by atoms with Gasteiger partial charge in [0.15, 0.2) is 11.5 Å². The van der Waals surface area contributed by atoms with E-state index in [1.165, 1.54) is 11.9 Å². The maximum Gasteiger partial charge on any atom is 0.183 e. The average Bonchev–Trinajstić information content (AvgIpc) is 2.74. The van der Waals surface area contributed by atoms with Gasteiger partial charge in [0.2, 0.25) is 0 Å². The summed E-state index contributed by atoms with van der Waals surface area (Å²) in [4.78, 5) is 15.6. The second-order valence-corrected chi connectivity index (χ2v) is 4.88. The summed E-state index contributed by atoms with van der Waals surface area (Å²) >= 11 is 3.53. The lowest BCUT2D eigenvalue weighted by molar-refractivity contribution is 1.21. The van der Waals surface area contributed by atoms with Crippen molar-refractivity contribution in [2.24, 2.45) is 0 Å². The van der Waals surface area contributed by atoms with Crippen LogP contribution in [0.2, 0.25) is 0 Å². The first-order chi connectivity index (χ1) is 8.65. The summed E-state index contributed by atoms with van der Waals surface area (Å²) in [5, 5.41) is 0. The Balaban J connectivity index is 2.23. The largest absolute Gasteiger partial charge is 0.382 e. The van der Waals surface area contributed by atoms with E-state index in [0.29, 0.717) is 17.0 Å². The van der Waals surface area contributed by atoms with Gasteiger partial charge in [-0.1, -0.05) is 22.0 Å². The van der Waals surface area contributed by atoms with Gasteiger partial charge in [-0.15, -0.1) is 0 Å². The number of rotatable bonds is 1. The molecule has 3 N–H and O–H groups in total. The minimum absolute atomic E-state index is 0.405. The zero-order valence-corrected chi connectivity index (χ0v) is 11.2. The molecule has 2 aromatic heterocycles. The minimum atomic E-state index is 0.405. The number of H-pyrrole nitrogens is 1. The second kappa shape index (κ2) is 4.06. The molecule has 18 heavy (non-hydrogen) atoms. The van der Waals surface area contributed by atoms with Crippen molar-refractivity contribution in [3.63, 3.8) is 0 Å². The van der Waals surface area contributed by atoms with Crippen molar-refractivity contribution >= 4 is 32.9 Å². The number of aromatic nitrogens is 4. The molecule has 6 heteroatoms. The molecular weight excluding hydrogens is 294 g/mol. The highest BCUT2D eigenvalue weighted by Crippen LogP contribution is 2.28. The van der Waals surface area contributed by atoms with Crippen molar-refractivity contribution in [1.82, 2.24) is 19.9 Å². The number of hydrogen-bond donors (Lipinski definition) is 2. The van der Waals surface area contributed by atoms with Crippen LogP contribution in [0.4, 0.5) is 5.82 Å². The zero-order chi connectivity index (χ0) is 12.7. The van der Waals surface area contributed by atoms with Crippen LogP contribution < -0.4 is 5.73 Å². The summed E-state index contributed by atoms with van der Waals surface area (Å²) in [5.41, 5.74) is 9.17. The van der Waals surface area contributed by atoms with Gasteiger partial charge >= 0.3 is 0 Å². The number of nitrogens with zero attached hydrogens (tertiary/aromatic N) is 3. The lowest BCUT2D eigenvalue weighted by Crippen LogP contribution is -1.91. The van der Waals surface area contributed by atoms with Crippen LogP contribution in [-0.2, 0) is 0 Å². The van der Waals surface area contributed by atoms with Crippen LogP contribution in [-0.4, -0.2) is 19.9 Å². The van der Waals surface area contributed by atoms with E-state index in [4.69, 9.17) is 5.73 Å². The lowest BCUT2D eigenvalue weighted by Gasteiger charge is -2.01. The first-order valence-electron chi connectivity index (χ1n) is 5.38. The molecule has 0 saturated carbocycles. The quantitative estimate of drug-likeness (QED) is 0.724. The zero-order valence-electron chi connectivity index (χ0n) is 9.61. The smallest absolute Gasteiger partial charge is 0.183 e. The van der Waals surface area contributed by atoms with Crippen molar-refractivity contribution in [1.29, 1.82) is 0 Å². The van der Waals surface area contributed by atoms with Gasteiger partial charge in [-0.05, 0) is 24.6 Å². The molecule has 0 aliphatic carbocycles. The summed E-state index contributed by atoms with van der Waals surface area (Å²) in [7, 11) is 0. The first kappa shape index (κ1) is 11.2. The summed E-state index contributed by atoms with van der Waals surface area (Å²) in [6.07, 6.45) is 1.41. The number of aryl methyl sites for hydroxylation is 1. The fourth-order valence-corrected chi connectivity index (χ4v) is 2.47. The SMILES string of the molecule is Cc1ccc(-c2nc3ncnc(N)c3[nH]2)c(Br)c1. The Hall–Kier alpha value is -1.95. The van der Waals surface area contributed by atoms with Crippen LogP contribution in [0.1, 0.15) is 5.56 Å². The van der Waals surface area contributed by atoms with Crippen LogP contribution in [0.25, 0.3) is 22.6 Å². The van der Waals surface area contributed by atoms with Crippen LogP contribution in [0, 0.1) is 6.92 Å². The van der Waals surface area contributed by atoms with E-state index >= 15 is 0 Å². The predicted molar refractivity (Wildman–Crippen MR) is 74.0 cm³/mol. The summed E-state index contributed by atoms with van der Waals surface area (Å²) < 4.78 is 0.980. The van der Waals surface area contributed by atoms with Crippen molar-refractivity contribution < 1.29 is 0 Å². The van der Waals surface area contributed by atoms with Gasteiger partial charge in [0.1, 0.15) is 17.7 Å². The lowest BCUT2D eigenvalue weighted by atomic mass is 10.1. The van der Waals surface area contributed by atoms with Gasteiger partial charge in [-0.3, -0.25) is 0 Å². The molecule has 0 radical (unpaired) electrons. The molecule has 0 amide bonds. The number of imidazole rings is 1. The van der Waals surface area contributed by atoms with Crippen LogP contribution >= 0.6 is 15.9 Å². The van der Waals surface area contributed by atoms with E-state index in [2.05, 4.69) is 35.9 Å². The molecule has 0 aliphatic rings. The molecule has 0 bridgehead atoms. The molecule has 1 aromatic carbocycles. The van der Waals surface area contributed by atoms with Crippen LogP contribution in [0.3, 0.4) is 0 Å². The van der Waals surface area contributed by atoms with Crippen LogP contribution in [0.5, 0.6) is 0 Å². The number of hydrogen-bond acceptors (Lipinski definition) is 4. The Labute approximate surface area is 112 Å². The molecule has 5 nitrogen and oxygen atoms in total. The van der Waals surface area contributed by atoms with Gasteiger partial charge in [0, 0.05) is 10.0 Å². The number of benzene rings is 1. The number of nitrogen functional groups attached to an aromatic ring is 1. The van der Waals surface area contributed by atoms with Gasteiger partial charge in [-0.25, -0.2) is 15.0 Å². The molecule has 0 spiro atoms. The van der Waals surface area contributed by atoms with Crippen LogP contribution in [0.15, 0.2) is 29.0 Å². The Morgan fingerprint density at radius 2 is 2.11 bits per heavy atom. The monoisotopic (exact) mass is 303 g/mol. The third kappa shape index (κ3) is 1.74. The van der Waals surface area contributed by atoms with E-state index in [-0.39, 0.29) is 0 Å². The predicted octanol–water partition coefficient (Wildman–Crippen LogP) is 2.67. The molecule has 90 valence electrons. The third-order valence-electron chi connectivity index (χ3n) is 2.70. The molecule has 0 aliphatic heterocycles. The van der Waals surface area contributed by atoms with Gasteiger partial charge in [-0.2, -0.15) is 0 Å². The number of aromatic amines is 1. The highest BCUT2D eigenvalue weighted by molar-refractivity contribution is 9.10. The Morgan fingerprint density at radius 3 is 2.83 bits per heavy atom. The molecule has 3 rings (SSSR count). The van der Waals surface area contributed by atoms with E-state index < -0.39 is 0 Å². The normalized spacial score (nSPS) is 11.0. The van der Waals surface area contributed by atoms with E-state index in [9.17, 15) is 0 Å². The number of nitrogens with one attached hydrogen (secondary N) is 1. The van der Waals surface area contributed by atoms with Crippen molar-refractivity contribution in [3.8, 4) is 11.4 Å². The van der Waals surface area contributed by atoms with Gasteiger partial charge in [0.25, 0.3) is 0 Å². The van der Waals surface area contributed by atoms with Crippen molar-refractivity contribution in [2.75, 3.05) is 5.73 Å². The third-order valence-corrected chi connectivity index (χ3v) is 3.35. The van der Waals surface area contributed by atoms with E-state index in [0.717, 1.165) is 15.9 Å². The molecule has 0 unspecified atom stereocenters. The van der Waals surface area contributed by atoms with E-state index in [1.54, 1.807) is 0 Å². The Kier molecular flexibility index (Phi) is 2.52. The second-order valence-electron chi connectivity index (χ2n) is 4.03. The molecule has 2 heterocycles. The first-order valence-corrected chi connectivity index (χ1v) is 6.17. The Morgan fingerprint density at radius 1 is 1.28 bits per heavy atom. The molecule has 0 fully saturated rings. The van der Waals surface area contributed by atoms with Gasteiger partial charge in [0.05, 0.1) is 0 Å². The highest BCUT2D eigenvalue weighted by Gasteiger charge is 2.11. The van der Waals surface area contributed by atoms with Crippen molar-refractivity contribution in [3.05, 3.63) is 34.6 Å². The number of halogens is 1. The fraction of sp³-hybridized carbons (Fsp3) is 0.0833. The highest BCUT2D eigenvalue weighted by atomic mass is 79.9. The van der Waals surface area contributed by atoms with Gasteiger partial charge < -0.3 is 10.7 Å². The molecule has 0 atom stereocenters. The average molecular weight is 304 g/mol. The Bertz CT molecular complexity index is 734. The number of anilines is 1. The van der Waals surface area contributed by atoms with E-state index in [1.807, 2.05) is 25.1 Å². The number of nitrogens with two attached hydrogens (primary N) is 1. The number of fused-ring (bicyclic) bond motifs is 1. The molecular formula is C12H10BrN5. The van der Waals surface area contributed by atoms with Crippen molar-refractivity contribution in [2.45, 2.75) is 6.92 Å². The molecule has 3 aromatic rings.